The van der Waals surface area contributed by atoms with Crippen LogP contribution in [-0.2, 0) is 0 Å². The molecule has 22 heavy (non-hydrogen) atoms. The summed E-state index contributed by atoms with van der Waals surface area (Å²) in [5.74, 6) is -1.04. The number of aryl methyl sites for hydroxylation is 2. The highest BCUT2D eigenvalue weighted by Gasteiger charge is 1.93. The molecular formula is C16H20F2N2S2. The van der Waals surface area contributed by atoms with Gasteiger partial charge in [-0.1, -0.05) is 13.8 Å². The van der Waals surface area contributed by atoms with Crippen molar-refractivity contribution in [3.63, 3.8) is 0 Å². The van der Waals surface area contributed by atoms with Crippen molar-refractivity contribution in [3.05, 3.63) is 69.6 Å². The molecule has 3 rings (SSSR count). The van der Waals surface area contributed by atoms with Crippen LogP contribution < -0.4 is 0 Å². The van der Waals surface area contributed by atoms with Gasteiger partial charge in [-0.3, -0.25) is 4.98 Å². The third-order valence-corrected chi connectivity index (χ3v) is 3.14. The van der Waals surface area contributed by atoms with Gasteiger partial charge in [0, 0.05) is 29.2 Å². The fourth-order valence-electron chi connectivity index (χ4n) is 1.16. The zero-order valence-electron chi connectivity index (χ0n) is 13.1. The summed E-state index contributed by atoms with van der Waals surface area (Å²) in [5.41, 5.74) is 0.604. The molecule has 0 aliphatic rings. The van der Waals surface area contributed by atoms with Gasteiger partial charge in [0.1, 0.15) is 11.6 Å². The minimum atomic E-state index is -0.521. The molecule has 2 aromatic heterocycles. The van der Waals surface area contributed by atoms with Crippen LogP contribution in [0.3, 0.4) is 0 Å². The van der Waals surface area contributed by atoms with Crippen molar-refractivity contribution in [2.75, 3.05) is 0 Å². The second-order valence-corrected chi connectivity index (χ2v) is 5.48. The molecule has 0 aliphatic heterocycles. The summed E-state index contributed by atoms with van der Waals surface area (Å²) in [6, 6.07) is 5.32. The van der Waals surface area contributed by atoms with Gasteiger partial charge in [0.25, 0.3) is 0 Å². The van der Waals surface area contributed by atoms with Crippen molar-refractivity contribution in [1.82, 2.24) is 9.36 Å². The van der Waals surface area contributed by atoms with Crippen molar-refractivity contribution in [2.45, 2.75) is 27.7 Å². The van der Waals surface area contributed by atoms with Gasteiger partial charge >= 0.3 is 0 Å². The molecule has 0 aliphatic carbocycles. The second kappa shape index (κ2) is 13.0. The van der Waals surface area contributed by atoms with E-state index < -0.39 is 11.6 Å². The molecule has 0 radical (unpaired) electrons. The summed E-state index contributed by atoms with van der Waals surface area (Å²) in [6.45, 7) is 7.64. The number of rotatable bonds is 0. The van der Waals surface area contributed by atoms with E-state index in [4.69, 9.17) is 0 Å². The Hall–Kier alpha value is -1.66. The Bertz CT molecular complexity index is 515. The standard InChI is InChI=1S/C7H6F2.C4H5NS.C3H3NS.C2H6/c1-5-2-6(8)4-7(9)3-5;1-4-5-2-3-6-4;1-2-4-5-3-1;1-2/h2-4H,1H3;2-3H,1H3;1-3H;1-2H3. The topological polar surface area (TPSA) is 25.8 Å². The fourth-order valence-corrected chi connectivity index (χ4v) is 1.95. The fraction of sp³-hybridized carbons (Fsp3) is 0.250. The molecule has 0 spiro atoms. The van der Waals surface area contributed by atoms with E-state index in [1.807, 2.05) is 37.6 Å². The molecule has 6 heteroatoms. The first-order valence-electron chi connectivity index (χ1n) is 6.71. The first-order chi connectivity index (χ1) is 10.6. The van der Waals surface area contributed by atoms with Crippen molar-refractivity contribution in [2.24, 2.45) is 0 Å². The highest BCUT2D eigenvalue weighted by atomic mass is 32.1. The van der Waals surface area contributed by atoms with Crippen LogP contribution in [0.25, 0.3) is 0 Å². The Kier molecular flexibility index (Phi) is 12.1. The van der Waals surface area contributed by atoms with Gasteiger partial charge in [-0.05, 0) is 49.1 Å². The minimum Gasteiger partial charge on any atom is -0.250 e. The van der Waals surface area contributed by atoms with Gasteiger partial charge in [-0.15, -0.1) is 11.3 Å². The lowest BCUT2D eigenvalue weighted by molar-refractivity contribution is 0.581. The van der Waals surface area contributed by atoms with Gasteiger partial charge in [0.2, 0.25) is 0 Å². The van der Waals surface area contributed by atoms with Crippen LogP contribution in [0.5, 0.6) is 0 Å². The quantitative estimate of drug-likeness (QED) is 0.509. The highest BCUT2D eigenvalue weighted by Crippen LogP contribution is 2.05. The van der Waals surface area contributed by atoms with Crippen LogP contribution in [-0.4, -0.2) is 9.36 Å². The Morgan fingerprint density at radius 3 is 1.77 bits per heavy atom. The SMILES string of the molecule is CC.Cc1cc(F)cc(F)c1.Cc1nccs1.c1cnsc1. The molecule has 2 nitrogen and oxygen atoms in total. The normalized spacial score (nSPS) is 8.45. The number of nitrogens with zero attached hydrogens (tertiary/aromatic N) is 2. The molecule has 3 aromatic rings. The summed E-state index contributed by atoms with van der Waals surface area (Å²) in [4.78, 5) is 3.94. The van der Waals surface area contributed by atoms with E-state index in [9.17, 15) is 8.78 Å². The van der Waals surface area contributed by atoms with E-state index in [-0.39, 0.29) is 0 Å². The summed E-state index contributed by atoms with van der Waals surface area (Å²) in [6.07, 6.45) is 3.57. The molecule has 0 saturated heterocycles. The average Bonchev–Trinajstić information content (AvgIpc) is 3.15. The van der Waals surface area contributed by atoms with Crippen LogP contribution in [0.15, 0.2) is 47.4 Å². The van der Waals surface area contributed by atoms with E-state index in [1.54, 1.807) is 30.7 Å². The molecule has 0 N–H and O–H groups in total. The van der Waals surface area contributed by atoms with Gasteiger partial charge in [-0.2, -0.15) is 0 Å². The molecule has 0 fully saturated rings. The first kappa shape index (κ1) is 20.3. The molecule has 0 bridgehead atoms. The third-order valence-electron chi connectivity index (χ3n) is 1.91. The summed E-state index contributed by atoms with van der Waals surface area (Å²) in [5, 5.41) is 5.03. The van der Waals surface area contributed by atoms with Gasteiger partial charge in [-0.25, -0.2) is 13.2 Å². The Morgan fingerprint density at radius 2 is 1.55 bits per heavy atom. The van der Waals surface area contributed by atoms with E-state index in [0.717, 1.165) is 11.1 Å². The predicted molar refractivity (Wildman–Crippen MR) is 91.4 cm³/mol. The van der Waals surface area contributed by atoms with Gasteiger partial charge in [0.15, 0.2) is 0 Å². The number of benzene rings is 1. The second-order valence-electron chi connectivity index (χ2n) is 3.69. The van der Waals surface area contributed by atoms with Crippen LogP contribution in [0.4, 0.5) is 8.78 Å². The van der Waals surface area contributed by atoms with E-state index in [2.05, 4.69) is 9.36 Å². The zero-order valence-corrected chi connectivity index (χ0v) is 14.7. The monoisotopic (exact) mass is 342 g/mol. The van der Waals surface area contributed by atoms with Crippen LogP contribution >= 0.6 is 22.9 Å². The van der Waals surface area contributed by atoms with Crippen LogP contribution in [0.1, 0.15) is 24.4 Å². The predicted octanol–water partition coefficient (Wildman–Crippen LogP) is 5.89. The van der Waals surface area contributed by atoms with E-state index in [1.165, 1.54) is 23.7 Å². The molecule has 120 valence electrons. The molecule has 1 aromatic carbocycles. The van der Waals surface area contributed by atoms with Crippen molar-refractivity contribution in [1.29, 1.82) is 0 Å². The number of halogens is 2. The molecule has 2 heterocycles. The molecular weight excluding hydrogens is 322 g/mol. The Balaban J connectivity index is 0.000000296. The zero-order chi connectivity index (χ0) is 16.8. The van der Waals surface area contributed by atoms with Gasteiger partial charge < -0.3 is 0 Å². The van der Waals surface area contributed by atoms with E-state index in [0.29, 0.717) is 5.56 Å². The van der Waals surface area contributed by atoms with Crippen LogP contribution in [0, 0.1) is 25.5 Å². The largest absolute Gasteiger partial charge is 0.250 e. The lowest BCUT2D eigenvalue weighted by Gasteiger charge is -1.91. The number of aromatic nitrogens is 2. The maximum Gasteiger partial charge on any atom is 0.126 e. The lowest BCUT2D eigenvalue weighted by atomic mass is 10.2. The molecule has 0 atom stereocenters. The maximum atomic E-state index is 12.2. The average molecular weight is 342 g/mol. The van der Waals surface area contributed by atoms with Crippen molar-refractivity contribution < 1.29 is 8.78 Å². The Labute approximate surface area is 138 Å². The first-order valence-corrected chi connectivity index (χ1v) is 8.42. The lowest BCUT2D eigenvalue weighted by Crippen LogP contribution is -1.80. The van der Waals surface area contributed by atoms with Crippen molar-refractivity contribution >= 4 is 22.9 Å². The number of hydrogen-bond acceptors (Lipinski definition) is 4. The number of hydrogen-bond donors (Lipinski definition) is 0. The van der Waals surface area contributed by atoms with Gasteiger partial charge in [0.05, 0.1) is 5.01 Å². The molecule has 0 saturated carbocycles. The molecule has 0 amide bonds. The molecule has 0 unspecified atom stereocenters. The third kappa shape index (κ3) is 11.0. The Morgan fingerprint density at radius 1 is 0.909 bits per heavy atom. The minimum absolute atomic E-state index is 0.521. The smallest absolute Gasteiger partial charge is 0.126 e. The highest BCUT2D eigenvalue weighted by molar-refractivity contribution is 7.09. The summed E-state index contributed by atoms with van der Waals surface area (Å²) >= 11 is 3.13. The number of thiazole rings is 1. The summed E-state index contributed by atoms with van der Waals surface area (Å²) < 4.78 is 28.1. The van der Waals surface area contributed by atoms with E-state index >= 15 is 0 Å². The van der Waals surface area contributed by atoms with Crippen LogP contribution in [0.2, 0.25) is 0 Å². The van der Waals surface area contributed by atoms with Crippen molar-refractivity contribution in [3.8, 4) is 0 Å². The summed E-state index contributed by atoms with van der Waals surface area (Å²) in [7, 11) is 0. The maximum absolute atomic E-state index is 12.2.